The lowest BCUT2D eigenvalue weighted by Crippen LogP contribution is -2.26. The fraction of sp³-hybridized carbons (Fsp3) is 0.179. The van der Waals surface area contributed by atoms with E-state index in [0.29, 0.717) is 16.7 Å². The number of alkyl halides is 3. The van der Waals surface area contributed by atoms with Gasteiger partial charge in [0.25, 0.3) is 17.7 Å². The number of carbonyl (C=O) groups excluding carboxylic acids is 3. The van der Waals surface area contributed by atoms with E-state index in [4.69, 9.17) is 5.21 Å². The standard InChI is InChI=1S/C28H24F3N3O4/c29-28(30,31)22-11-9-19(10-12-22)24(27(37)33-23-13-14-23)15-17-1-5-20(6-2-17)25(35)32-16-18-3-7-21(8-4-18)26(36)34-38/h1-12,15,23,38H,13-14,16H2,(H,32,35)(H,33,37)(H,34,36). The molecule has 3 aromatic rings. The molecule has 3 amide bonds. The van der Waals surface area contributed by atoms with Crippen LogP contribution in [-0.4, -0.2) is 29.0 Å². The normalized spacial score (nSPS) is 13.5. The number of amides is 3. The number of hydrogen-bond acceptors (Lipinski definition) is 4. The zero-order valence-electron chi connectivity index (χ0n) is 20.0. The van der Waals surface area contributed by atoms with Gasteiger partial charge in [0.2, 0.25) is 0 Å². The van der Waals surface area contributed by atoms with Crippen molar-refractivity contribution in [2.45, 2.75) is 31.6 Å². The number of hydroxylamine groups is 1. The molecular formula is C28H24F3N3O4. The van der Waals surface area contributed by atoms with Gasteiger partial charge in [-0.05, 0) is 72.0 Å². The average Bonchev–Trinajstić information content (AvgIpc) is 3.74. The highest BCUT2D eigenvalue weighted by Crippen LogP contribution is 2.31. The van der Waals surface area contributed by atoms with Gasteiger partial charge < -0.3 is 10.6 Å². The van der Waals surface area contributed by atoms with E-state index in [0.717, 1.165) is 30.5 Å². The topological polar surface area (TPSA) is 108 Å². The third-order valence-electron chi connectivity index (χ3n) is 5.94. The largest absolute Gasteiger partial charge is 0.416 e. The Kier molecular flexibility index (Phi) is 7.92. The molecule has 0 atom stereocenters. The van der Waals surface area contributed by atoms with Crippen LogP contribution in [0, 0.1) is 0 Å². The molecule has 1 fully saturated rings. The second-order valence-electron chi connectivity index (χ2n) is 8.82. The molecular weight excluding hydrogens is 499 g/mol. The van der Waals surface area contributed by atoms with E-state index in [1.807, 2.05) is 0 Å². The van der Waals surface area contributed by atoms with Crippen LogP contribution < -0.4 is 16.1 Å². The van der Waals surface area contributed by atoms with E-state index in [2.05, 4.69) is 10.6 Å². The third-order valence-corrected chi connectivity index (χ3v) is 5.94. The van der Waals surface area contributed by atoms with Gasteiger partial charge in [0.15, 0.2) is 0 Å². The van der Waals surface area contributed by atoms with E-state index in [1.165, 1.54) is 24.3 Å². The number of hydrogen-bond donors (Lipinski definition) is 4. The summed E-state index contributed by atoms with van der Waals surface area (Å²) in [6.45, 7) is 0.209. The molecule has 3 aromatic carbocycles. The summed E-state index contributed by atoms with van der Waals surface area (Å²) in [5, 5.41) is 14.3. The number of nitrogens with one attached hydrogen (secondary N) is 3. The maximum Gasteiger partial charge on any atom is 0.416 e. The fourth-order valence-corrected chi connectivity index (χ4v) is 3.63. The van der Waals surface area contributed by atoms with Gasteiger partial charge in [-0.3, -0.25) is 19.6 Å². The van der Waals surface area contributed by atoms with Crippen molar-refractivity contribution in [1.82, 2.24) is 16.1 Å². The summed E-state index contributed by atoms with van der Waals surface area (Å²) in [4.78, 5) is 36.8. The molecule has 1 aliphatic carbocycles. The van der Waals surface area contributed by atoms with Crippen molar-refractivity contribution in [3.63, 3.8) is 0 Å². The SMILES string of the molecule is O=C(NC1CC1)C(=Cc1ccc(C(=O)NCc2ccc(C(=O)NO)cc2)cc1)c1ccc(C(F)(F)F)cc1. The highest BCUT2D eigenvalue weighted by molar-refractivity contribution is 6.24. The monoisotopic (exact) mass is 523 g/mol. The highest BCUT2D eigenvalue weighted by atomic mass is 19.4. The smallest absolute Gasteiger partial charge is 0.349 e. The Morgan fingerprint density at radius 2 is 1.37 bits per heavy atom. The average molecular weight is 524 g/mol. The Labute approximate surface area is 216 Å². The maximum atomic E-state index is 13.0. The first-order valence-corrected chi connectivity index (χ1v) is 11.8. The molecule has 4 rings (SSSR count). The van der Waals surface area contributed by atoms with Crippen molar-refractivity contribution in [2.75, 3.05) is 0 Å². The van der Waals surface area contributed by atoms with Crippen molar-refractivity contribution in [3.8, 4) is 0 Å². The van der Waals surface area contributed by atoms with E-state index in [-0.39, 0.29) is 35.5 Å². The number of halogens is 3. The van der Waals surface area contributed by atoms with Crippen LogP contribution in [0.3, 0.4) is 0 Å². The van der Waals surface area contributed by atoms with E-state index in [9.17, 15) is 27.6 Å². The molecule has 0 unspecified atom stereocenters. The number of benzene rings is 3. The number of rotatable bonds is 8. The summed E-state index contributed by atoms with van der Waals surface area (Å²) in [5.41, 5.74) is 3.30. The highest BCUT2D eigenvalue weighted by Gasteiger charge is 2.30. The number of carbonyl (C=O) groups is 3. The summed E-state index contributed by atoms with van der Waals surface area (Å²) in [7, 11) is 0. The van der Waals surface area contributed by atoms with Crippen LogP contribution in [0.5, 0.6) is 0 Å². The van der Waals surface area contributed by atoms with Gasteiger partial charge in [0, 0.05) is 29.3 Å². The molecule has 10 heteroatoms. The maximum absolute atomic E-state index is 13.0. The summed E-state index contributed by atoms with van der Waals surface area (Å²) in [6.07, 6.45) is -1.18. The van der Waals surface area contributed by atoms with Crippen molar-refractivity contribution >= 4 is 29.4 Å². The summed E-state index contributed by atoms with van der Waals surface area (Å²) < 4.78 is 38.9. The molecule has 196 valence electrons. The van der Waals surface area contributed by atoms with Crippen LogP contribution in [-0.2, 0) is 17.5 Å². The second-order valence-corrected chi connectivity index (χ2v) is 8.82. The minimum atomic E-state index is -4.48. The van der Waals surface area contributed by atoms with Crippen LogP contribution >= 0.6 is 0 Å². The van der Waals surface area contributed by atoms with Gasteiger partial charge in [-0.1, -0.05) is 36.4 Å². The van der Waals surface area contributed by atoms with Crippen LogP contribution in [0.4, 0.5) is 13.2 Å². The van der Waals surface area contributed by atoms with Crippen molar-refractivity contribution in [1.29, 1.82) is 0 Å². The van der Waals surface area contributed by atoms with Crippen molar-refractivity contribution in [2.24, 2.45) is 0 Å². The quantitative estimate of drug-likeness (QED) is 0.150. The zero-order chi connectivity index (χ0) is 27.3. The molecule has 0 bridgehead atoms. The molecule has 7 nitrogen and oxygen atoms in total. The zero-order valence-corrected chi connectivity index (χ0v) is 20.0. The summed E-state index contributed by atoms with van der Waals surface area (Å²) in [5.74, 6) is -1.36. The molecule has 0 aromatic heterocycles. The fourth-order valence-electron chi connectivity index (χ4n) is 3.63. The van der Waals surface area contributed by atoms with E-state index < -0.39 is 17.6 Å². The third kappa shape index (κ3) is 6.86. The van der Waals surface area contributed by atoms with Crippen LogP contribution in [0.15, 0.2) is 72.8 Å². The van der Waals surface area contributed by atoms with Gasteiger partial charge in [0.05, 0.1) is 5.56 Å². The van der Waals surface area contributed by atoms with Crippen molar-refractivity contribution in [3.05, 3.63) is 106 Å². The Bertz CT molecular complexity index is 1350. The Morgan fingerprint density at radius 3 is 1.92 bits per heavy atom. The van der Waals surface area contributed by atoms with Gasteiger partial charge in [-0.2, -0.15) is 13.2 Å². The Balaban J connectivity index is 1.46. The first kappa shape index (κ1) is 26.6. The lowest BCUT2D eigenvalue weighted by Gasteiger charge is -2.11. The van der Waals surface area contributed by atoms with E-state index in [1.54, 1.807) is 48.0 Å². The van der Waals surface area contributed by atoms with Gasteiger partial charge in [-0.15, -0.1) is 0 Å². The van der Waals surface area contributed by atoms with Gasteiger partial charge in [-0.25, -0.2) is 5.48 Å². The molecule has 0 radical (unpaired) electrons. The second kappa shape index (κ2) is 11.3. The van der Waals surface area contributed by atoms with Crippen LogP contribution in [0.25, 0.3) is 11.6 Å². The van der Waals surface area contributed by atoms with Crippen LogP contribution in [0.2, 0.25) is 0 Å². The van der Waals surface area contributed by atoms with Crippen molar-refractivity contribution < 1.29 is 32.8 Å². The Hall–Kier alpha value is -4.44. The molecule has 0 heterocycles. The minimum Gasteiger partial charge on any atom is -0.349 e. The first-order chi connectivity index (χ1) is 18.1. The van der Waals surface area contributed by atoms with Gasteiger partial charge in [0.1, 0.15) is 0 Å². The predicted molar refractivity (Wildman–Crippen MR) is 134 cm³/mol. The Morgan fingerprint density at radius 1 is 0.816 bits per heavy atom. The van der Waals surface area contributed by atoms with Gasteiger partial charge >= 0.3 is 6.18 Å². The summed E-state index contributed by atoms with van der Waals surface area (Å²) >= 11 is 0. The van der Waals surface area contributed by atoms with Crippen LogP contribution in [0.1, 0.15) is 55.8 Å². The molecule has 1 saturated carbocycles. The van der Waals surface area contributed by atoms with E-state index >= 15 is 0 Å². The molecule has 0 saturated heterocycles. The first-order valence-electron chi connectivity index (χ1n) is 11.8. The molecule has 0 aliphatic heterocycles. The molecule has 1 aliphatic rings. The summed E-state index contributed by atoms with van der Waals surface area (Å²) in [6, 6.07) is 17.3. The molecule has 4 N–H and O–H groups in total. The molecule has 38 heavy (non-hydrogen) atoms. The lowest BCUT2D eigenvalue weighted by molar-refractivity contribution is -0.137. The lowest BCUT2D eigenvalue weighted by atomic mass is 9.99. The predicted octanol–water partition coefficient (Wildman–Crippen LogP) is 4.57. The minimum absolute atomic E-state index is 0.0643. The molecule has 0 spiro atoms.